The van der Waals surface area contributed by atoms with Crippen LogP contribution in [0.5, 0.6) is 0 Å². The van der Waals surface area contributed by atoms with Gasteiger partial charge < -0.3 is 10.1 Å². The highest BCUT2D eigenvalue weighted by Crippen LogP contribution is 2.15. The van der Waals surface area contributed by atoms with Gasteiger partial charge >= 0.3 is 0 Å². The van der Waals surface area contributed by atoms with Gasteiger partial charge in [-0.2, -0.15) is 0 Å². The molecule has 0 aliphatic heterocycles. The van der Waals surface area contributed by atoms with E-state index in [0.29, 0.717) is 5.56 Å². The first-order valence-corrected chi connectivity index (χ1v) is 5.77. The van der Waals surface area contributed by atoms with Crippen LogP contribution in [-0.2, 0) is 4.74 Å². The van der Waals surface area contributed by atoms with Crippen LogP contribution in [-0.4, -0.2) is 12.1 Å². The molecule has 2 aromatic rings. The minimum absolute atomic E-state index is 0.157. The summed E-state index contributed by atoms with van der Waals surface area (Å²) in [6.07, 6.45) is 0.923. The average molecular weight is 241 g/mol. The second-order valence-electron chi connectivity index (χ2n) is 3.98. The third-order valence-corrected chi connectivity index (χ3v) is 2.65. The number of amides is 1. The molecule has 92 valence electrons. The molecule has 1 amide bonds. The van der Waals surface area contributed by atoms with Crippen molar-refractivity contribution in [1.82, 2.24) is 5.32 Å². The number of fused-ring (bicyclic) bond motifs is 1. The summed E-state index contributed by atoms with van der Waals surface area (Å²) in [7, 11) is 0. The maximum absolute atomic E-state index is 11.9. The normalized spacial score (nSPS) is 11.8. The van der Waals surface area contributed by atoms with Gasteiger partial charge in [-0.05, 0) is 29.8 Å². The molecule has 0 aliphatic rings. The predicted molar refractivity (Wildman–Crippen MR) is 72.2 cm³/mol. The Morgan fingerprint density at radius 3 is 2.72 bits per heavy atom. The van der Waals surface area contributed by atoms with Gasteiger partial charge in [-0.15, -0.1) is 0 Å². The molecule has 0 saturated carbocycles. The molecule has 0 spiro atoms. The van der Waals surface area contributed by atoms with Crippen LogP contribution in [0, 0.1) is 0 Å². The van der Waals surface area contributed by atoms with Crippen molar-refractivity contribution in [3.8, 4) is 0 Å². The van der Waals surface area contributed by atoms with E-state index in [4.69, 9.17) is 4.74 Å². The summed E-state index contributed by atoms with van der Waals surface area (Å²) in [4.78, 5) is 11.9. The highest BCUT2D eigenvalue weighted by atomic mass is 16.5. The third kappa shape index (κ3) is 2.69. The van der Waals surface area contributed by atoms with Crippen molar-refractivity contribution in [3.63, 3.8) is 0 Å². The molecule has 3 heteroatoms. The van der Waals surface area contributed by atoms with E-state index in [-0.39, 0.29) is 12.1 Å². The van der Waals surface area contributed by atoms with Gasteiger partial charge in [0.05, 0.1) is 6.26 Å². The average Bonchev–Trinajstić information content (AvgIpc) is 2.38. The van der Waals surface area contributed by atoms with E-state index in [1.807, 2.05) is 36.4 Å². The van der Waals surface area contributed by atoms with E-state index in [9.17, 15) is 4.79 Å². The molecule has 1 N–H and O–H groups in total. The number of nitrogens with one attached hydrogen (secondary N) is 1. The van der Waals surface area contributed by atoms with Crippen LogP contribution in [0.2, 0.25) is 0 Å². The summed E-state index contributed by atoms with van der Waals surface area (Å²) in [6, 6.07) is 13.5. The Hall–Kier alpha value is -2.29. The highest BCUT2D eigenvalue weighted by Gasteiger charge is 2.09. The lowest BCUT2D eigenvalue weighted by Crippen LogP contribution is -2.33. The Balaban J connectivity index is 2.20. The summed E-state index contributed by atoms with van der Waals surface area (Å²) in [5.74, 6) is -0.157. The minimum atomic E-state index is -0.388. The van der Waals surface area contributed by atoms with Gasteiger partial charge in [0.1, 0.15) is 0 Å². The van der Waals surface area contributed by atoms with Crippen molar-refractivity contribution >= 4 is 16.7 Å². The number of hydrogen-bond acceptors (Lipinski definition) is 2. The number of carbonyl (C=O) groups is 1. The summed E-state index contributed by atoms with van der Waals surface area (Å²) < 4.78 is 5.05. The van der Waals surface area contributed by atoms with Gasteiger partial charge in [-0.1, -0.05) is 36.9 Å². The third-order valence-electron chi connectivity index (χ3n) is 2.65. The van der Waals surface area contributed by atoms with Crippen LogP contribution in [0.4, 0.5) is 0 Å². The Morgan fingerprint density at radius 1 is 1.28 bits per heavy atom. The first-order chi connectivity index (χ1) is 8.70. The molecule has 1 atom stereocenters. The fourth-order valence-corrected chi connectivity index (χ4v) is 1.78. The maximum Gasteiger partial charge on any atom is 0.254 e. The quantitative estimate of drug-likeness (QED) is 0.660. The second-order valence-corrected chi connectivity index (χ2v) is 3.98. The first kappa shape index (κ1) is 12.2. The van der Waals surface area contributed by atoms with Crippen molar-refractivity contribution in [2.24, 2.45) is 0 Å². The Morgan fingerprint density at radius 2 is 2.00 bits per heavy atom. The van der Waals surface area contributed by atoms with Crippen LogP contribution < -0.4 is 5.32 Å². The van der Waals surface area contributed by atoms with Gasteiger partial charge in [0.25, 0.3) is 5.91 Å². The highest BCUT2D eigenvalue weighted by molar-refractivity contribution is 5.98. The van der Waals surface area contributed by atoms with Gasteiger partial charge in [-0.25, -0.2) is 0 Å². The first-order valence-electron chi connectivity index (χ1n) is 5.77. The lowest BCUT2D eigenvalue weighted by molar-refractivity contribution is 0.0778. The van der Waals surface area contributed by atoms with E-state index < -0.39 is 0 Å². The second kappa shape index (κ2) is 5.36. The molecule has 18 heavy (non-hydrogen) atoms. The van der Waals surface area contributed by atoms with E-state index in [0.717, 1.165) is 10.8 Å². The van der Waals surface area contributed by atoms with Crippen molar-refractivity contribution in [3.05, 3.63) is 60.9 Å². The lowest BCUT2D eigenvalue weighted by atomic mass is 10.1. The van der Waals surface area contributed by atoms with Crippen molar-refractivity contribution in [2.75, 3.05) is 0 Å². The fraction of sp³-hybridized carbons (Fsp3) is 0.133. The zero-order valence-electron chi connectivity index (χ0n) is 10.2. The smallest absolute Gasteiger partial charge is 0.254 e. The van der Waals surface area contributed by atoms with E-state index >= 15 is 0 Å². The molecule has 0 radical (unpaired) electrons. The molecular formula is C15H15NO2. The molecule has 0 aromatic heterocycles. The summed E-state index contributed by atoms with van der Waals surface area (Å²) in [6.45, 7) is 5.20. The largest absolute Gasteiger partial charge is 0.479 e. The van der Waals surface area contributed by atoms with Gasteiger partial charge in [0, 0.05) is 5.56 Å². The van der Waals surface area contributed by atoms with Crippen LogP contribution in [0.3, 0.4) is 0 Å². The van der Waals surface area contributed by atoms with Crippen molar-refractivity contribution in [1.29, 1.82) is 0 Å². The standard InChI is InChI=1S/C15H15NO2/c1-3-18-11(2)16-15(17)14-9-8-12-6-4-5-7-13(12)10-14/h3-11H,1H2,2H3,(H,16,17). The Bertz CT molecular complexity index is 577. The topological polar surface area (TPSA) is 38.3 Å². The Kier molecular flexibility index (Phi) is 3.63. The molecule has 2 rings (SSSR count). The summed E-state index contributed by atoms with van der Waals surface area (Å²) >= 11 is 0. The monoisotopic (exact) mass is 241 g/mol. The zero-order chi connectivity index (χ0) is 13.0. The summed E-state index contributed by atoms with van der Waals surface area (Å²) in [5, 5.41) is 4.89. The number of rotatable bonds is 4. The SMILES string of the molecule is C=COC(C)NC(=O)c1ccc2ccccc2c1. The van der Waals surface area contributed by atoms with Crippen LogP contribution in [0.1, 0.15) is 17.3 Å². The number of benzene rings is 2. The van der Waals surface area contributed by atoms with Crippen LogP contribution >= 0.6 is 0 Å². The summed E-state index contributed by atoms with van der Waals surface area (Å²) in [5.41, 5.74) is 0.619. The lowest BCUT2D eigenvalue weighted by Gasteiger charge is -2.13. The van der Waals surface area contributed by atoms with Crippen molar-refractivity contribution in [2.45, 2.75) is 13.2 Å². The molecule has 2 aromatic carbocycles. The van der Waals surface area contributed by atoms with E-state index in [1.165, 1.54) is 6.26 Å². The Labute approximate surface area is 106 Å². The molecule has 0 aliphatic carbocycles. The molecule has 3 nitrogen and oxygen atoms in total. The molecule has 1 unspecified atom stereocenters. The van der Waals surface area contributed by atoms with Crippen molar-refractivity contribution < 1.29 is 9.53 Å². The number of hydrogen-bond donors (Lipinski definition) is 1. The maximum atomic E-state index is 11.9. The predicted octanol–water partition coefficient (Wildman–Crippen LogP) is 3.08. The molecule has 0 bridgehead atoms. The van der Waals surface area contributed by atoms with Crippen LogP contribution in [0.15, 0.2) is 55.3 Å². The van der Waals surface area contributed by atoms with E-state index in [2.05, 4.69) is 11.9 Å². The van der Waals surface area contributed by atoms with E-state index in [1.54, 1.807) is 13.0 Å². The van der Waals surface area contributed by atoms with Gasteiger partial charge in [0.15, 0.2) is 6.23 Å². The number of ether oxygens (including phenoxy) is 1. The van der Waals surface area contributed by atoms with Gasteiger partial charge in [0.2, 0.25) is 0 Å². The minimum Gasteiger partial charge on any atom is -0.479 e. The molecule has 0 heterocycles. The molecular weight excluding hydrogens is 226 g/mol. The van der Waals surface area contributed by atoms with Crippen LogP contribution in [0.25, 0.3) is 10.8 Å². The number of carbonyl (C=O) groups excluding carboxylic acids is 1. The zero-order valence-corrected chi connectivity index (χ0v) is 10.2. The fourth-order valence-electron chi connectivity index (χ4n) is 1.78. The molecule has 0 fully saturated rings. The van der Waals surface area contributed by atoms with Gasteiger partial charge in [-0.3, -0.25) is 4.79 Å². The molecule has 0 saturated heterocycles.